The molecule has 1 aromatic rings. The van der Waals surface area contributed by atoms with E-state index in [-0.39, 0.29) is 23.8 Å². The van der Waals surface area contributed by atoms with Crippen LogP contribution in [0.15, 0.2) is 6.20 Å². The first-order valence-electron chi connectivity index (χ1n) is 8.20. The zero-order chi connectivity index (χ0) is 17.4. The highest BCUT2D eigenvalue weighted by Crippen LogP contribution is 2.38. The molecule has 1 fully saturated rings. The minimum atomic E-state index is -0.418. The van der Waals surface area contributed by atoms with Gasteiger partial charge in [0.25, 0.3) is 0 Å². The summed E-state index contributed by atoms with van der Waals surface area (Å²) in [4.78, 5) is 42.0. The second-order valence-corrected chi connectivity index (χ2v) is 6.31. The van der Waals surface area contributed by atoms with Crippen molar-refractivity contribution in [1.82, 2.24) is 15.0 Å². The van der Waals surface area contributed by atoms with Crippen molar-refractivity contribution in [2.75, 3.05) is 31.0 Å². The van der Waals surface area contributed by atoms with E-state index in [0.717, 1.165) is 30.7 Å². The standard InChI is InChI=1S/C16H23N5O3/c1-10-15(22)19(2)12-9-17-13(16(23)20(3)24-4)18-14(12)21(10)11-7-5-6-8-11/h9-11H,5-8H2,1-4H3/t10-/m1/s1. The number of carbonyl (C=O) groups excluding carboxylic acids is 2. The van der Waals surface area contributed by atoms with Crippen LogP contribution in [0.5, 0.6) is 0 Å². The Morgan fingerprint density at radius 1 is 1.38 bits per heavy atom. The van der Waals surface area contributed by atoms with Gasteiger partial charge in [-0.3, -0.25) is 14.4 Å². The molecule has 8 heteroatoms. The van der Waals surface area contributed by atoms with Gasteiger partial charge in [0.05, 0.1) is 13.3 Å². The van der Waals surface area contributed by atoms with Gasteiger partial charge in [-0.25, -0.2) is 15.0 Å². The van der Waals surface area contributed by atoms with Gasteiger partial charge in [-0.05, 0) is 19.8 Å². The van der Waals surface area contributed by atoms with E-state index >= 15 is 0 Å². The lowest BCUT2D eigenvalue weighted by atomic mass is 10.1. The molecule has 0 unspecified atom stereocenters. The van der Waals surface area contributed by atoms with Gasteiger partial charge in [-0.2, -0.15) is 0 Å². The van der Waals surface area contributed by atoms with Crippen LogP contribution in [0.4, 0.5) is 11.5 Å². The quantitative estimate of drug-likeness (QED) is 0.774. The number of hydrogen-bond acceptors (Lipinski definition) is 6. The molecule has 2 amide bonds. The molecular weight excluding hydrogens is 310 g/mol. The van der Waals surface area contributed by atoms with Crippen LogP contribution >= 0.6 is 0 Å². The number of hydroxylamine groups is 2. The lowest BCUT2D eigenvalue weighted by Gasteiger charge is -2.42. The van der Waals surface area contributed by atoms with E-state index in [1.54, 1.807) is 18.1 Å². The Hall–Kier alpha value is -2.22. The molecule has 0 N–H and O–H groups in total. The van der Waals surface area contributed by atoms with E-state index in [9.17, 15) is 9.59 Å². The third kappa shape index (κ3) is 2.60. The Kier molecular flexibility index (Phi) is 4.40. The summed E-state index contributed by atoms with van der Waals surface area (Å²) in [5.74, 6) is 0.320. The first kappa shape index (κ1) is 16.6. The van der Waals surface area contributed by atoms with Crippen molar-refractivity contribution in [2.45, 2.75) is 44.7 Å². The summed E-state index contributed by atoms with van der Waals surface area (Å²) in [7, 11) is 4.64. The van der Waals surface area contributed by atoms with Crippen LogP contribution in [-0.4, -0.2) is 60.1 Å². The number of carbonyl (C=O) groups is 2. The van der Waals surface area contributed by atoms with Crippen molar-refractivity contribution >= 4 is 23.3 Å². The maximum atomic E-state index is 12.6. The molecule has 2 heterocycles. The molecule has 1 aliphatic carbocycles. The highest BCUT2D eigenvalue weighted by atomic mass is 16.7. The fourth-order valence-electron chi connectivity index (χ4n) is 3.49. The fraction of sp³-hybridized carbons (Fsp3) is 0.625. The van der Waals surface area contributed by atoms with Gasteiger partial charge in [-0.15, -0.1) is 0 Å². The van der Waals surface area contributed by atoms with Gasteiger partial charge < -0.3 is 9.80 Å². The molecule has 3 rings (SSSR count). The molecular formula is C16H23N5O3. The Bertz CT molecular complexity index is 659. The summed E-state index contributed by atoms with van der Waals surface area (Å²) in [6.45, 7) is 1.89. The van der Waals surface area contributed by atoms with Crippen LogP contribution < -0.4 is 9.80 Å². The number of aromatic nitrogens is 2. The smallest absolute Gasteiger partial charge is 0.314 e. The number of fused-ring (bicyclic) bond motifs is 1. The van der Waals surface area contributed by atoms with Gasteiger partial charge in [0.15, 0.2) is 5.82 Å². The normalized spacial score (nSPS) is 21.2. The minimum Gasteiger partial charge on any atom is -0.340 e. The Balaban J connectivity index is 2.06. The van der Waals surface area contributed by atoms with Crippen molar-refractivity contribution in [3.63, 3.8) is 0 Å². The maximum Gasteiger partial charge on any atom is 0.314 e. The second kappa shape index (κ2) is 6.35. The zero-order valence-corrected chi connectivity index (χ0v) is 14.5. The predicted molar refractivity (Wildman–Crippen MR) is 88.7 cm³/mol. The summed E-state index contributed by atoms with van der Waals surface area (Å²) in [5, 5.41) is 1.09. The molecule has 0 saturated heterocycles. The lowest BCUT2D eigenvalue weighted by molar-refractivity contribution is -0.119. The monoisotopic (exact) mass is 333 g/mol. The molecule has 0 aromatic carbocycles. The molecule has 1 saturated carbocycles. The third-order valence-electron chi connectivity index (χ3n) is 4.93. The van der Waals surface area contributed by atoms with Crippen molar-refractivity contribution < 1.29 is 14.4 Å². The highest BCUT2D eigenvalue weighted by Gasteiger charge is 2.40. The van der Waals surface area contributed by atoms with Crippen LogP contribution in [-0.2, 0) is 9.63 Å². The SMILES string of the molecule is CON(C)C(=O)c1ncc2c(n1)N(C1CCCC1)[C@H](C)C(=O)N2C. The Morgan fingerprint density at radius 2 is 2.04 bits per heavy atom. The fourth-order valence-corrected chi connectivity index (χ4v) is 3.49. The molecule has 130 valence electrons. The largest absolute Gasteiger partial charge is 0.340 e. The van der Waals surface area contributed by atoms with Crippen LogP contribution in [0.1, 0.15) is 43.2 Å². The third-order valence-corrected chi connectivity index (χ3v) is 4.93. The summed E-state index contributed by atoms with van der Waals surface area (Å²) >= 11 is 0. The zero-order valence-electron chi connectivity index (χ0n) is 14.5. The average molecular weight is 333 g/mol. The van der Waals surface area contributed by atoms with Gasteiger partial charge in [0.2, 0.25) is 11.7 Å². The topological polar surface area (TPSA) is 78.9 Å². The van der Waals surface area contributed by atoms with Crippen molar-refractivity contribution in [3.8, 4) is 0 Å². The van der Waals surface area contributed by atoms with Gasteiger partial charge in [0, 0.05) is 20.1 Å². The molecule has 24 heavy (non-hydrogen) atoms. The molecule has 2 aliphatic rings. The maximum absolute atomic E-state index is 12.6. The molecule has 0 spiro atoms. The van der Waals surface area contributed by atoms with Gasteiger partial charge in [-0.1, -0.05) is 12.8 Å². The summed E-state index contributed by atoms with van der Waals surface area (Å²) in [5.41, 5.74) is 0.640. The minimum absolute atomic E-state index is 0.0195. The number of nitrogens with zero attached hydrogens (tertiary/aromatic N) is 5. The van der Waals surface area contributed by atoms with Gasteiger partial charge >= 0.3 is 5.91 Å². The van der Waals surface area contributed by atoms with Crippen molar-refractivity contribution in [2.24, 2.45) is 0 Å². The van der Waals surface area contributed by atoms with Gasteiger partial charge in [0.1, 0.15) is 11.7 Å². The number of hydrogen-bond donors (Lipinski definition) is 0. The lowest BCUT2D eigenvalue weighted by Crippen LogP contribution is -2.54. The van der Waals surface area contributed by atoms with Crippen molar-refractivity contribution in [3.05, 3.63) is 12.0 Å². The second-order valence-electron chi connectivity index (χ2n) is 6.31. The van der Waals surface area contributed by atoms with Crippen LogP contribution in [0.25, 0.3) is 0 Å². The number of anilines is 2. The van der Waals surface area contributed by atoms with E-state index in [1.807, 2.05) is 6.92 Å². The average Bonchev–Trinajstić information content (AvgIpc) is 3.12. The van der Waals surface area contributed by atoms with Crippen LogP contribution in [0, 0.1) is 0 Å². The first-order valence-corrected chi connectivity index (χ1v) is 8.20. The Labute approximate surface area is 141 Å². The number of likely N-dealkylation sites (N-methyl/N-ethyl adjacent to an activating group) is 1. The first-order chi connectivity index (χ1) is 11.5. The number of amides is 2. The molecule has 0 bridgehead atoms. The van der Waals surface area contributed by atoms with Crippen LogP contribution in [0.2, 0.25) is 0 Å². The summed E-state index contributed by atoms with van der Waals surface area (Å²) in [6, 6.07) is -0.0296. The van der Waals surface area contributed by atoms with Crippen LogP contribution in [0.3, 0.4) is 0 Å². The highest BCUT2D eigenvalue weighted by molar-refractivity contribution is 6.04. The van der Waals surface area contributed by atoms with E-state index in [1.165, 1.54) is 14.2 Å². The molecule has 0 radical (unpaired) electrons. The number of rotatable bonds is 3. The summed E-state index contributed by atoms with van der Waals surface area (Å²) in [6.07, 6.45) is 5.91. The molecule has 1 aromatic heterocycles. The molecule has 1 atom stereocenters. The van der Waals surface area contributed by atoms with E-state index in [0.29, 0.717) is 11.5 Å². The van der Waals surface area contributed by atoms with Crippen molar-refractivity contribution in [1.29, 1.82) is 0 Å². The predicted octanol–water partition coefficient (Wildman–Crippen LogP) is 1.22. The summed E-state index contributed by atoms with van der Waals surface area (Å²) < 4.78 is 0. The van der Waals surface area contributed by atoms with E-state index in [2.05, 4.69) is 14.9 Å². The van der Waals surface area contributed by atoms with E-state index < -0.39 is 5.91 Å². The van der Waals surface area contributed by atoms with E-state index in [4.69, 9.17) is 4.84 Å². The molecule has 8 nitrogen and oxygen atoms in total. The molecule has 1 aliphatic heterocycles. The Morgan fingerprint density at radius 3 is 2.67 bits per heavy atom.